The molecule has 5 nitrogen and oxygen atoms in total. The third-order valence-corrected chi connectivity index (χ3v) is 2.84. The van der Waals surface area contributed by atoms with E-state index in [1.165, 1.54) is 6.92 Å². The van der Waals surface area contributed by atoms with Crippen molar-refractivity contribution in [1.82, 2.24) is 5.32 Å². The topological polar surface area (TPSA) is 69.6 Å². The number of anilines is 1. The summed E-state index contributed by atoms with van der Waals surface area (Å²) < 4.78 is 0. The fraction of sp³-hybridized carbons (Fsp3) is 0.429. The molecule has 0 aliphatic heterocycles. The lowest BCUT2D eigenvalue weighted by Crippen LogP contribution is -2.38. The SMILES string of the molecule is CC(NC(=O)CCCN(C)c1ccccc1)C(=O)O. The largest absolute Gasteiger partial charge is 0.480 e. The van der Waals surface area contributed by atoms with Gasteiger partial charge in [-0.2, -0.15) is 0 Å². The first-order chi connectivity index (χ1) is 9.00. The van der Waals surface area contributed by atoms with Gasteiger partial charge in [-0.05, 0) is 25.5 Å². The molecule has 19 heavy (non-hydrogen) atoms. The summed E-state index contributed by atoms with van der Waals surface area (Å²) in [6.45, 7) is 2.20. The second-order valence-corrected chi connectivity index (χ2v) is 4.49. The third kappa shape index (κ3) is 5.42. The number of nitrogens with one attached hydrogen (secondary N) is 1. The fourth-order valence-corrected chi connectivity index (χ4v) is 1.66. The van der Waals surface area contributed by atoms with Crippen molar-refractivity contribution in [3.63, 3.8) is 0 Å². The smallest absolute Gasteiger partial charge is 0.325 e. The van der Waals surface area contributed by atoms with Crippen molar-refractivity contribution in [2.45, 2.75) is 25.8 Å². The van der Waals surface area contributed by atoms with Crippen LogP contribution in [0.3, 0.4) is 0 Å². The minimum atomic E-state index is -1.02. The van der Waals surface area contributed by atoms with E-state index in [-0.39, 0.29) is 5.91 Å². The predicted molar refractivity (Wildman–Crippen MR) is 74.2 cm³/mol. The molecule has 0 fully saturated rings. The van der Waals surface area contributed by atoms with Crippen molar-refractivity contribution in [2.75, 3.05) is 18.5 Å². The Morgan fingerprint density at radius 3 is 2.53 bits per heavy atom. The molecule has 1 amide bonds. The maximum Gasteiger partial charge on any atom is 0.325 e. The Bertz CT molecular complexity index is 420. The van der Waals surface area contributed by atoms with Crippen molar-refractivity contribution in [3.05, 3.63) is 30.3 Å². The van der Waals surface area contributed by atoms with Crippen molar-refractivity contribution in [1.29, 1.82) is 0 Å². The molecule has 1 atom stereocenters. The molecule has 0 heterocycles. The van der Waals surface area contributed by atoms with Crippen molar-refractivity contribution in [3.8, 4) is 0 Å². The molecule has 2 N–H and O–H groups in total. The number of carbonyl (C=O) groups excluding carboxylic acids is 1. The van der Waals surface area contributed by atoms with Crippen molar-refractivity contribution in [2.24, 2.45) is 0 Å². The molecule has 0 bridgehead atoms. The number of para-hydroxylation sites is 1. The number of hydrogen-bond acceptors (Lipinski definition) is 3. The molecule has 0 aliphatic carbocycles. The molecule has 0 aromatic heterocycles. The van der Waals surface area contributed by atoms with Crippen LogP contribution in [0.2, 0.25) is 0 Å². The molecule has 1 aromatic carbocycles. The second kappa shape index (κ2) is 7.41. The van der Waals surface area contributed by atoms with Gasteiger partial charge in [0.2, 0.25) is 5.91 Å². The first-order valence-electron chi connectivity index (χ1n) is 6.29. The lowest BCUT2D eigenvalue weighted by Gasteiger charge is -2.19. The van der Waals surface area contributed by atoms with Crippen LogP contribution in [-0.2, 0) is 9.59 Å². The van der Waals surface area contributed by atoms with E-state index in [0.29, 0.717) is 12.8 Å². The van der Waals surface area contributed by atoms with Crippen LogP contribution < -0.4 is 10.2 Å². The van der Waals surface area contributed by atoms with Crippen molar-refractivity contribution < 1.29 is 14.7 Å². The van der Waals surface area contributed by atoms with Gasteiger partial charge in [0.15, 0.2) is 0 Å². The average molecular weight is 264 g/mol. The van der Waals surface area contributed by atoms with Gasteiger partial charge in [0, 0.05) is 25.7 Å². The van der Waals surface area contributed by atoms with E-state index < -0.39 is 12.0 Å². The number of aliphatic carboxylic acids is 1. The van der Waals surface area contributed by atoms with Crippen LogP contribution in [0.5, 0.6) is 0 Å². The summed E-state index contributed by atoms with van der Waals surface area (Å²) in [5, 5.41) is 11.1. The highest BCUT2D eigenvalue weighted by atomic mass is 16.4. The number of rotatable bonds is 7. The number of benzene rings is 1. The van der Waals surface area contributed by atoms with E-state index in [1.54, 1.807) is 0 Å². The predicted octanol–water partition coefficient (Wildman–Crippen LogP) is 1.49. The standard InChI is InChI=1S/C14H20N2O3/c1-11(14(18)19)15-13(17)9-6-10-16(2)12-7-4-3-5-8-12/h3-5,7-8,11H,6,9-10H2,1-2H3,(H,15,17)(H,18,19). The van der Waals surface area contributed by atoms with Gasteiger partial charge in [0.1, 0.15) is 6.04 Å². The van der Waals surface area contributed by atoms with Crippen LogP contribution in [0.15, 0.2) is 30.3 Å². The van der Waals surface area contributed by atoms with Gasteiger partial charge in [-0.3, -0.25) is 9.59 Å². The molecule has 1 rings (SSSR count). The van der Waals surface area contributed by atoms with E-state index in [9.17, 15) is 9.59 Å². The zero-order valence-electron chi connectivity index (χ0n) is 11.3. The first kappa shape index (κ1) is 15.0. The Morgan fingerprint density at radius 2 is 1.95 bits per heavy atom. The van der Waals surface area contributed by atoms with Gasteiger partial charge >= 0.3 is 5.97 Å². The van der Waals surface area contributed by atoms with Crippen LogP contribution in [0.4, 0.5) is 5.69 Å². The van der Waals surface area contributed by atoms with Gasteiger partial charge in [0.05, 0.1) is 0 Å². The van der Waals surface area contributed by atoms with Gasteiger partial charge < -0.3 is 15.3 Å². The van der Waals surface area contributed by atoms with Crippen LogP contribution in [0.1, 0.15) is 19.8 Å². The lowest BCUT2D eigenvalue weighted by molar-refractivity contribution is -0.141. The second-order valence-electron chi connectivity index (χ2n) is 4.49. The highest BCUT2D eigenvalue weighted by Gasteiger charge is 2.13. The van der Waals surface area contributed by atoms with Crippen LogP contribution in [0, 0.1) is 0 Å². The molecule has 5 heteroatoms. The molecule has 0 radical (unpaired) electrons. The molecule has 0 spiro atoms. The quantitative estimate of drug-likeness (QED) is 0.783. The number of carboxylic acid groups (broad SMARTS) is 1. The average Bonchev–Trinajstić information content (AvgIpc) is 2.39. The molecular weight excluding hydrogens is 244 g/mol. The summed E-state index contributed by atoms with van der Waals surface area (Å²) in [6, 6.07) is 9.07. The normalized spacial score (nSPS) is 11.7. The van der Waals surface area contributed by atoms with E-state index in [0.717, 1.165) is 12.2 Å². The number of amides is 1. The molecular formula is C14H20N2O3. The maximum atomic E-state index is 11.5. The highest BCUT2D eigenvalue weighted by Crippen LogP contribution is 2.11. The van der Waals surface area contributed by atoms with Gasteiger partial charge in [-0.15, -0.1) is 0 Å². The molecule has 1 aromatic rings. The van der Waals surface area contributed by atoms with Crippen LogP contribution >= 0.6 is 0 Å². The maximum absolute atomic E-state index is 11.5. The molecule has 104 valence electrons. The first-order valence-corrected chi connectivity index (χ1v) is 6.29. The minimum Gasteiger partial charge on any atom is -0.480 e. The number of carbonyl (C=O) groups is 2. The zero-order valence-corrected chi connectivity index (χ0v) is 11.3. The highest BCUT2D eigenvalue weighted by molar-refractivity contribution is 5.83. The number of carboxylic acids is 1. The fourth-order valence-electron chi connectivity index (χ4n) is 1.66. The van der Waals surface area contributed by atoms with Crippen LogP contribution in [0.25, 0.3) is 0 Å². The molecule has 0 saturated heterocycles. The van der Waals surface area contributed by atoms with E-state index in [2.05, 4.69) is 10.2 Å². The summed E-state index contributed by atoms with van der Waals surface area (Å²) in [6.07, 6.45) is 1.01. The number of hydrogen-bond donors (Lipinski definition) is 2. The summed E-state index contributed by atoms with van der Waals surface area (Å²) in [7, 11) is 1.97. The van der Waals surface area contributed by atoms with Gasteiger partial charge in [-0.1, -0.05) is 18.2 Å². The van der Waals surface area contributed by atoms with E-state index in [1.807, 2.05) is 37.4 Å². The van der Waals surface area contributed by atoms with Gasteiger partial charge in [-0.25, -0.2) is 0 Å². The molecule has 1 unspecified atom stereocenters. The number of nitrogens with zero attached hydrogens (tertiary/aromatic N) is 1. The molecule has 0 saturated carbocycles. The Balaban J connectivity index is 2.27. The van der Waals surface area contributed by atoms with Crippen molar-refractivity contribution >= 4 is 17.6 Å². The Labute approximate surface area is 113 Å². The summed E-state index contributed by atoms with van der Waals surface area (Å²) >= 11 is 0. The zero-order chi connectivity index (χ0) is 14.3. The van der Waals surface area contributed by atoms with E-state index in [4.69, 9.17) is 5.11 Å². The Hall–Kier alpha value is -2.04. The lowest BCUT2D eigenvalue weighted by atomic mass is 10.2. The van der Waals surface area contributed by atoms with Crippen LogP contribution in [-0.4, -0.2) is 36.6 Å². The van der Waals surface area contributed by atoms with E-state index >= 15 is 0 Å². The minimum absolute atomic E-state index is 0.226. The summed E-state index contributed by atoms with van der Waals surface area (Å²) in [5.74, 6) is -1.24. The molecule has 0 aliphatic rings. The third-order valence-electron chi connectivity index (χ3n) is 2.84. The summed E-state index contributed by atoms with van der Waals surface area (Å²) in [4.78, 5) is 24.1. The Kier molecular flexibility index (Phi) is 5.85. The summed E-state index contributed by atoms with van der Waals surface area (Å²) in [5.41, 5.74) is 1.10. The monoisotopic (exact) mass is 264 g/mol. The van der Waals surface area contributed by atoms with Gasteiger partial charge in [0.25, 0.3) is 0 Å². The Morgan fingerprint density at radius 1 is 1.32 bits per heavy atom.